The average molecular weight is 223 g/mol. The summed E-state index contributed by atoms with van der Waals surface area (Å²) in [4.78, 5) is 2.46. The number of hydrogen-bond donors (Lipinski definition) is 1. The van der Waals surface area contributed by atoms with E-state index < -0.39 is 5.60 Å². The SMILES string of the molecule is C=C(CN1CCCCC1)C1(O)CCCCC1. The van der Waals surface area contributed by atoms with Crippen molar-refractivity contribution in [1.82, 2.24) is 4.90 Å². The van der Waals surface area contributed by atoms with Gasteiger partial charge in [0, 0.05) is 6.54 Å². The van der Waals surface area contributed by atoms with Gasteiger partial charge in [-0.05, 0) is 44.3 Å². The Bertz CT molecular complexity index is 237. The van der Waals surface area contributed by atoms with Gasteiger partial charge >= 0.3 is 0 Å². The summed E-state index contributed by atoms with van der Waals surface area (Å²) < 4.78 is 0. The van der Waals surface area contributed by atoms with E-state index in [0.717, 1.165) is 37.8 Å². The summed E-state index contributed by atoms with van der Waals surface area (Å²) >= 11 is 0. The third-order valence-electron chi connectivity index (χ3n) is 4.20. The molecular formula is C14H25NO. The van der Waals surface area contributed by atoms with E-state index in [1.807, 2.05) is 0 Å². The van der Waals surface area contributed by atoms with Gasteiger partial charge in [0.2, 0.25) is 0 Å². The van der Waals surface area contributed by atoms with Crippen LogP contribution in [-0.4, -0.2) is 35.2 Å². The van der Waals surface area contributed by atoms with Gasteiger partial charge in [0.05, 0.1) is 5.60 Å². The van der Waals surface area contributed by atoms with E-state index in [-0.39, 0.29) is 0 Å². The van der Waals surface area contributed by atoms with Crippen molar-refractivity contribution in [2.24, 2.45) is 0 Å². The van der Waals surface area contributed by atoms with Crippen LogP contribution >= 0.6 is 0 Å². The van der Waals surface area contributed by atoms with Crippen molar-refractivity contribution >= 4 is 0 Å². The molecule has 2 fully saturated rings. The highest BCUT2D eigenvalue weighted by atomic mass is 16.3. The van der Waals surface area contributed by atoms with Gasteiger partial charge < -0.3 is 5.11 Å². The van der Waals surface area contributed by atoms with Gasteiger partial charge in [-0.2, -0.15) is 0 Å². The molecule has 1 saturated heterocycles. The maximum absolute atomic E-state index is 10.5. The molecule has 0 amide bonds. The molecule has 0 bridgehead atoms. The molecule has 0 radical (unpaired) electrons. The van der Waals surface area contributed by atoms with Crippen LogP contribution in [-0.2, 0) is 0 Å². The number of hydrogen-bond acceptors (Lipinski definition) is 2. The average Bonchev–Trinajstić information content (AvgIpc) is 2.31. The molecule has 2 rings (SSSR count). The predicted molar refractivity (Wildman–Crippen MR) is 67.5 cm³/mol. The van der Waals surface area contributed by atoms with Crippen molar-refractivity contribution in [2.75, 3.05) is 19.6 Å². The molecule has 1 N–H and O–H groups in total. The molecule has 0 atom stereocenters. The van der Waals surface area contributed by atoms with Gasteiger partial charge in [-0.1, -0.05) is 32.3 Å². The topological polar surface area (TPSA) is 23.5 Å². The molecule has 0 unspecified atom stereocenters. The molecule has 1 saturated carbocycles. The molecule has 1 aliphatic heterocycles. The highest BCUT2D eigenvalue weighted by molar-refractivity contribution is 5.15. The molecule has 2 aliphatic rings. The summed E-state index contributed by atoms with van der Waals surface area (Å²) in [6.45, 7) is 7.44. The van der Waals surface area contributed by atoms with Crippen molar-refractivity contribution in [3.63, 3.8) is 0 Å². The van der Waals surface area contributed by atoms with E-state index in [0.29, 0.717) is 0 Å². The third-order valence-corrected chi connectivity index (χ3v) is 4.20. The summed E-state index contributed by atoms with van der Waals surface area (Å²) in [5, 5.41) is 10.5. The maximum Gasteiger partial charge on any atom is 0.0866 e. The Kier molecular flexibility index (Phi) is 4.04. The van der Waals surface area contributed by atoms with Crippen LogP contribution in [0.1, 0.15) is 51.4 Å². The lowest BCUT2D eigenvalue weighted by molar-refractivity contribution is 0.0319. The Morgan fingerprint density at radius 3 is 2.19 bits per heavy atom. The lowest BCUT2D eigenvalue weighted by Gasteiger charge is -2.37. The van der Waals surface area contributed by atoms with Crippen molar-refractivity contribution in [3.05, 3.63) is 12.2 Å². The second kappa shape index (κ2) is 5.33. The van der Waals surface area contributed by atoms with Crippen LogP contribution < -0.4 is 0 Å². The fourth-order valence-electron chi connectivity index (χ4n) is 3.02. The van der Waals surface area contributed by atoms with Crippen molar-refractivity contribution < 1.29 is 5.11 Å². The van der Waals surface area contributed by atoms with Gasteiger partial charge in [-0.25, -0.2) is 0 Å². The fraction of sp³-hybridized carbons (Fsp3) is 0.857. The van der Waals surface area contributed by atoms with Crippen LogP contribution in [0.2, 0.25) is 0 Å². The monoisotopic (exact) mass is 223 g/mol. The lowest BCUT2D eigenvalue weighted by Crippen LogP contribution is -2.40. The second-order valence-corrected chi connectivity index (χ2v) is 5.53. The highest BCUT2D eigenvalue weighted by Gasteiger charge is 2.32. The first kappa shape index (κ1) is 12.1. The standard InChI is InChI=1S/C14H25NO/c1-13(12-15-10-6-3-7-11-15)14(16)8-4-2-5-9-14/h16H,1-12H2. The Labute approximate surface area is 99.3 Å². The summed E-state index contributed by atoms with van der Waals surface area (Å²) in [6.07, 6.45) is 9.45. The van der Waals surface area contributed by atoms with Crippen LogP contribution in [0.4, 0.5) is 0 Å². The molecule has 1 aliphatic carbocycles. The normalized spacial score (nSPS) is 26.6. The largest absolute Gasteiger partial charge is 0.385 e. The summed E-state index contributed by atoms with van der Waals surface area (Å²) in [7, 11) is 0. The van der Waals surface area contributed by atoms with Crippen molar-refractivity contribution in [2.45, 2.75) is 57.0 Å². The second-order valence-electron chi connectivity index (χ2n) is 5.53. The van der Waals surface area contributed by atoms with Gasteiger partial charge in [-0.3, -0.25) is 4.90 Å². The summed E-state index contributed by atoms with van der Waals surface area (Å²) in [5.41, 5.74) is 0.518. The predicted octanol–water partition coefficient (Wildman–Crippen LogP) is 2.72. The van der Waals surface area contributed by atoms with Crippen molar-refractivity contribution in [1.29, 1.82) is 0 Å². The number of aliphatic hydroxyl groups is 1. The molecule has 92 valence electrons. The first-order valence-electron chi connectivity index (χ1n) is 6.84. The smallest absolute Gasteiger partial charge is 0.0866 e. The molecule has 0 aromatic carbocycles. The van der Waals surface area contributed by atoms with Gasteiger partial charge in [0.25, 0.3) is 0 Å². The number of likely N-dealkylation sites (tertiary alicyclic amines) is 1. The van der Waals surface area contributed by atoms with Crippen LogP contribution in [0.15, 0.2) is 12.2 Å². The molecule has 16 heavy (non-hydrogen) atoms. The zero-order chi connectivity index (χ0) is 11.4. The molecule has 0 aromatic rings. The number of piperidine rings is 1. The lowest BCUT2D eigenvalue weighted by atomic mass is 9.79. The van der Waals surface area contributed by atoms with Crippen LogP contribution in [0.25, 0.3) is 0 Å². The summed E-state index contributed by atoms with van der Waals surface area (Å²) in [6, 6.07) is 0. The minimum absolute atomic E-state index is 0.546. The molecular weight excluding hydrogens is 198 g/mol. The van der Waals surface area contributed by atoms with E-state index in [1.165, 1.54) is 38.8 Å². The molecule has 0 spiro atoms. The highest BCUT2D eigenvalue weighted by Crippen LogP contribution is 2.33. The Morgan fingerprint density at radius 2 is 1.56 bits per heavy atom. The molecule has 1 heterocycles. The molecule has 2 heteroatoms. The van der Waals surface area contributed by atoms with Crippen molar-refractivity contribution in [3.8, 4) is 0 Å². The Hall–Kier alpha value is -0.340. The van der Waals surface area contributed by atoms with Gasteiger partial charge in [0.15, 0.2) is 0 Å². The fourth-order valence-corrected chi connectivity index (χ4v) is 3.02. The minimum atomic E-state index is -0.546. The van der Waals surface area contributed by atoms with E-state index in [9.17, 15) is 5.11 Å². The molecule has 2 nitrogen and oxygen atoms in total. The van der Waals surface area contributed by atoms with E-state index in [2.05, 4.69) is 11.5 Å². The Morgan fingerprint density at radius 1 is 1.00 bits per heavy atom. The van der Waals surface area contributed by atoms with E-state index in [1.54, 1.807) is 0 Å². The first-order chi connectivity index (χ1) is 7.71. The van der Waals surface area contributed by atoms with Crippen LogP contribution in [0.5, 0.6) is 0 Å². The third kappa shape index (κ3) is 2.86. The minimum Gasteiger partial charge on any atom is -0.385 e. The zero-order valence-electron chi connectivity index (χ0n) is 10.4. The van der Waals surface area contributed by atoms with Crippen LogP contribution in [0, 0.1) is 0 Å². The quantitative estimate of drug-likeness (QED) is 0.744. The van der Waals surface area contributed by atoms with E-state index >= 15 is 0 Å². The van der Waals surface area contributed by atoms with Crippen LogP contribution in [0.3, 0.4) is 0 Å². The van der Waals surface area contributed by atoms with E-state index in [4.69, 9.17) is 0 Å². The molecule has 0 aromatic heterocycles. The first-order valence-corrected chi connectivity index (χ1v) is 6.84. The maximum atomic E-state index is 10.5. The van der Waals surface area contributed by atoms with Gasteiger partial charge in [-0.15, -0.1) is 0 Å². The number of rotatable bonds is 3. The summed E-state index contributed by atoms with van der Waals surface area (Å²) in [5.74, 6) is 0. The van der Waals surface area contributed by atoms with Gasteiger partial charge in [0.1, 0.15) is 0 Å². The zero-order valence-corrected chi connectivity index (χ0v) is 10.4. The number of nitrogens with zero attached hydrogens (tertiary/aromatic N) is 1. The Balaban J connectivity index is 1.85.